The van der Waals surface area contributed by atoms with Crippen LogP contribution < -0.4 is 0 Å². The fourth-order valence-corrected chi connectivity index (χ4v) is 6.69. The molecule has 0 nitrogen and oxygen atoms in total. The van der Waals surface area contributed by atoms with Crippen LogP contribution in [0.25, 0.3) is 10.1 Å². The van der Waals surface area contributed by atoms with Gasteiger partial charge < -0.3 is 0 Å². The molecule has 0 N–H and O–H groups in total. The number of hydrogen-bond donors (Lipinski definition) is 0. The summed E-state index contributed by atoms with van der Waals surface area (Å²) in [7, 11) is 0. The molecule has 3 aromatic rings. The lowest BCUT2D eigenvalue weighted by atomic mass is 10.0. The van der Waals surface area contributed by atoms with Crippen LogP contribution in [0.2, 0.25) is 0 Å². The van der Waals surface area contributed by atoms with E-state index >= 15 is 0 Å². The molecular weight excluding hydrogens is 383 g/mol. The maximum Gasteiger partial charge on any atom is 0.0716 e. The van der Waals surface area contributed by atoms with E-state index in [2.05, 4.69) is 71.1 Å². The summed E-state index contributed by atoms with van der Waals surface area (Å²) in [4.78, 5) is 3.02. The Morgan fingerprint density at radius 2 is 1.79 bits per heavy atom. The lowest BCUT2D eigenvalue weighted by Gasteiger charge is -2.10. The third kappa shape index (κ3) is 1.94. The topological polar surface area (TPSA) is 0 Å². The first-order chi connectivity index (χ1) is 9.34. The molecule has 0 bridgehead atoms. The average Bonchev–Trinajstić information content (AvgIpc) is 2.77. The summed E-state index contributed by atoms with van der Waals surface area (Å²) in [5.74, 6) is 1.09. The summed E-state index contributed by atoms with van der Waals surface area (Å²) in [5, 5.41) is 1.43. The first-order valence-electron chi connectivity index (χ1n) is 6.20. The van der Waals surface area contributed by atoms with Crippen LogP contribution in [0.1, 0.15) is 19.9 Å². The number of halogens is 1. The van der Waals surface area contributed by atoms with E-state index < -0.39 is 0 Å². The van der Waals surface area contributed by atoms with Crippen LogP contribution in [-0.4, -0.2) is 0 Å². The summed E-state index contributed by atoms with van der Waals surface area (Å²) in [5.41, 5.74) is 2.97. The molecule has 0 radical (unpaired) electrons. The fraction of sp³-hybridized carbons (Fsp3) is 0.125. The van der Waals surface area contributed by atoms with Crippen molar-refractivity contribution in [2.45, 2.75) is 14.6 Å². The standard InChI is InChI=1S/C16H11IS2/c17-14-11-6-2-1-5-10(11)9-18-15-12-7-3-4-8-13(12)19-16(14)15/h1-8,14H,9H2. The Bertz CT molecular complexity index is 760. The van der Waals surface area contributed by atoms with Gasteiger partial charge in [0.15, 0.2) is 0 Å². The molecule has 0 amide bonds. The SMILES string of the molecule is IC1c2ccccc2CSc2c1sc1ccccc21. The quantitative estimate of drug-likeness (QED) is 0.331. The van der Waals surface area contributed by atoms with Gasteiger partial charge in [0.1, 0.15) is 0 Å². The zero-order valence-electron chi connectivity index (χ0n) is 10.1. The molecule has 1 unspecified atom stereocenters. The second-order valence-corrected chi connectivity index (χ2v) is 7.96. The van der Waals surface area contributed by atoms with Gasteiger partial charge in [0.25, 0.3) is 0 Å². The van der Waals surface area contributed by atoms with Gasteiger partial charge in [-0.25, -0.2) is 0 Å². The Kier molecular flexibility index (Phi) is 3.09. The molecule has 4 rings (SSSR count). The second-order valence-electron chi connectivity index (χ2n) is 4.64. The Morgan fingerprint density at radius 3 is 2.74 bits per heavy atom. The molecular formula is C16H11IS2. The molecule has 2 heterocycles. The number of alkyl halides is 1. The van der Waals surface area contributed by atoms with E-state index in [-0.39, 0.29) is 0 Å². The maximum absolute atomic E-state index is 2.60. The van der Waals surface area contributed by atoms with E-state index in [9.17, 15) is 0 Å². The van der Waals surface area contributed by atoms with Crippen LogP contribution in [0.5, 0.6) is 0 Å². The van der Waals surface area contributed by atoms with E-state index in [4.69, 9.17) is 0 Å². The monoisotopic (exact) mass is 394 g/mol. The van der Waals surface area contributed by atoms with Crippen LogP contribution in [0.4, 0.5) is 0 Å². The Morgan fingerprint density at radius 1 is 1.00 bits per heavy atom. The molecule has 1 aliphatic heterocycles. The third-order valence-electron chi connectivity index (χ3n) is 3.51. The lowest BCUT2D eigenvalue weighted by Crippen LogP contribution is -1.92. The Labute approximate surface area is 134 Å². The summed E-state index contributed by atoms with van der Waals surface area (Å²) < 4.78 is 1.90. The summed E-state index contributed by atoms with van der Waals surface area (Å²) in [6.07, 6.45) is 0. The zero-order valence-corrected chi connectivity index (χ0v) is 13.9. The number of fused-ring (bicyclic) bond motifs is 4. The van der Waals surface area contributed by atoms with Crippen LogP contribution in [0.15, 0.2) is 53.4 Å². The van der Waals surface area contributed by atoms with Gasteiger partial charge in [-0.3, -0.25) is 0 Å². The molecule has 0 fully saturated rings. The molecule has 0 aliphatic carbocycles. The van der Waals surface area contributed by atoms with Gasteiger partial charge in [0.2, 0.25) is 0 Å². The van der Waals surface area contributed by atoms with Crippen molar-refractivity contribution in [2.24, 2.45) is 0 Å². The van der Waals surface area contributed by atoms with E-state index in [0.29, 0.717) is 3.92 Å². The molecule has 1 aliphatic rings. The summed E-state index contributed by atoms with van der Waals surface area (Å²) >= 11 is 6.55. The van der Waals surface area contributed by atoms with E-state index in [1.165, 1.54) is 31.0 Å². The van der Waals surface area contributed by atoms with Gasteiger partial charge in [-0.05, 0) is 17.2 Å². The van der Waals surface area contributed by atoms with Gasteiger partial charge in [-0.2, -0.15) is 0 Å². The second kappa shape index (κ2) is 4.79. The molecule has 0 spiro atoms. The minimum absolute atomic E-state index is 0.483. The zero-order chi connectivity index (χ0) is 12.8. The molecule has 0 saturated heterocycles. The predicted molar refractivity (Wildman–Crippen MR) is 93.7 cm³/mol. The number of hydrogen-bond acceptors (Lipinski definition) is 2. The fourth-order valence-electron chi connectivity index (χ4n) is 2.56. The Balaban J connectivity index is 1.98. The van der Waals surface area contributed by atoms with Crippen LogP contribution in [0, 0.1) is 0 Å². The van der Waals surface area contributed by atoms with Gasteiger partial charge in [0, 0.05) is 25.6 Å². The summed E-state index contributed by atoms with van der Waals surface area (Å²) in [6.45, 7) is 0. The molecule has 1 aromatic heterocycles. The van der Waals surface area contributed by atoms with Crippen molar-refractivity contribution in [3.63, 3.8) is 0 Å². The lowest BCUT2D eigenvalue weighted by molar-refractivity contribution is 1.18. The van der Waals surface area contributed by atoms with Gasteiger partial charge in [-0.1, -0.05) is 65.1 Å². The van der Waals surface area contributed by atoms with Crippen molar-refractivity contribution in [1.82, 2.24) is 0 Å². The molecule has 3 heteroatoms. The molecule has 2 aromatic carbocycles. The van der Waals surface area contributed by atoms with Crippen LogP contribution in [0.3, 0.4) is 0 Å². The predicted octanol–water partition coefficient (Wildman–Crippen LogP) is 6.03. The van der Waals surface area contributed by atoms with E-state index in [0.717, 1.165) is 5.75 Å². The normalized spacial score (nSPS) is 17.8. The Hall–Kier alpha value is -0.520. The van der Waals surface area contributed by atoms with Crippen molar-refractivity contribution >= 4 is 55.8 Å². The maximum atomic E-state index is 2.60. The molecule has 1 atom stereocenters. The van der Waals surface area contributed by atoms with Crippen molar-refractivity contribution in [3.05, 3.63) is 64.5 Å². The highest BCUT2D eigenvalue weighted by atomic mass is 127. The minimum Gasteiger partial charge on any atom is -0.138 e. The number of thiophene rings is 1. The number of benzene rings is 2. The smallest absolute Gasteiger partial charge is 0.0716 e. The molecule has 94 valence electrons. The number of thioether (sulfide) groups is 1. The van der Waals surface area contributed by atoms with Crippen LogP contribution >= 0.6 is 45.7 Å². The average molecular weight is 394 g/mol. The highest BCUT2D eigenvalue weighted by molar-refractivity contribution is 14.1. The van der Waals surface area contributed by atoms with Gasteiger partial charge in [0.05, 0.1) is 3.92 Å². The highest BCUT2D eigenvalue weighted by Crippen LogP contribution is 2.50. The van der Waals surface area contributed by atoms with Crippen molar-refractivity contribution < 1.29 is 0 Å². The van der Waals surface area contributed by atoms with E-state index in [1.807, 2.05) is 23.1 Å². The molecule has 0 saturated carbocycles. The van der Waals surface area contributed by atoms with Crippen LogP contribution in [-0.2, 0) is 5.75 Å². The highest BCUT2D eigenvalue weighted by Gasteiger charge is 2.25. The largest absolute Gasteiger partial charge is 0.138 e. The third-order valence-corrected chi connectivity index (χ3v) is 7.77. The van der Waals surface area contributed by atoms with Crippen molar-refractivity contribution in [1.29, 1.82) is 0 Å². The number of rotatable bonds is 0. The minimum atomic E-state index is 0.483. The van der Waals surface area contributed by atoms with Crippen molar-refractivity contribution in [3.8, 4) is 0 Å². The summed E-state index contributed by atoms with van der Waals surface area (Å²) in [6, 6.07) is 17.7. The van der Waals surface area contributed by atoms with Gasteiger partial charge in [-0.15, -0.1) is 23.1 Å². The first kappa shape index (κ1) is 12.2. The van der Waals surface area contributed by atoms with E-state index in [1.54, 1.807) is 0 Å². The first-order valence-corrected chi connectivity index (χ1v) is 9.25. The van der Waals surface area contributed by atoms with Gasteiger partial charge >= 0.3 is 0 Å². The molecule has 19 heavy (non-hydrogen) atoms. The van der Waals surface area contributed by atoms with Crippen molar-refractivity contribution in [2.75, 3.05) is 0 Å².